The number of benzene rings is 1. The molecule has 1 unspecified atom stereocenters. The van der Waals surface area contributed by atoms with E-state index in [4.69, 9.17) is 9.47 Å². The fourth-order valence-electron chi connectivity index (χ4n) is 2.23. The highest BCUT2D eigenvalue weighted by Crippen LogP contribution is 2.36. The lowest BCUT2D eigenvalue weighted by molar-refractivity contribution is -0.139. The van der Waals surface area contributed by atoms with E-state index in [1.807, 2.05) is 19.1 Å². The summed E-state index contributed by atoms with van der Waals surface area (Å²) in [6.07, 6.45) is 0.925. The van der Waals surface area contributed by atoms with Gasteiger partial charge in [0.05, 0.1) is 19.8 Å². The van der Waals surface area contributed by atoms with Crippen LogP contribution in [0.3, 0.4) is 0 Å². The number of fused-ring (bicyclic) bond motifs is 1. The molecule has 0 bridgehead atoms. The molecule has 0 radical (unpaired) electrons. The van der Waals surface area contributed by atoms with Crippen molar-refractivity contribution in [3.8, 4) is 0 Å². The molecule has 1 aromatic carbocycles. The zero-order valence-electron chi connectivity index (χ0n) is 9.90. The van der Waals surface area contributed by atoms with Crippen molar-refractivity contribution in [3.05, 3.63) is 34.9 Å². The van der Waals surface area contributed by atoms with E-state index in [0.29, 0.717) is 0 Å². The molecule has 17 heavy (non-hydrogen) atoms. The lowest BCUT2D eigenvalue weighted by atomic mass is 9.92. The second-order valence-corrected chi connectivity index (χ2v) is 4.98. The molecule has 0 aliphatic carbocycles. The average molecular weight is 299 g/mol. The molecule has 2 rings (SSSR count). The van der Waals surface area contributed by atoms with Gasteiger partial charge in [0, 0.05) is 0 Å². The summed E-state index contributed by atoms with van der Waals surface area (Å²) in [6.45, 7) is 2.75. The van der Waals surface area contributed by atoms with Crippen molar-refractivity contribution in [2.24, 2.45) is 0 Å². The van der Waals surface area contributed by atoms with Crippen LogP contribution in [0.2, 0.25) is 0 Å². The number of alkyl halides is 1. The quantitative estimate of drug-likeness (QED) is 0.622. The zero-order valence-corrected chi connectivity index (χ0v) is 11.5. The summed E-state index contributed by atoms with van der Waals surface area (Å²) < 4.78 is 10.4. The molecular weight excluding hydrogens is 284 g/mol. The largest absolute Gasteiger partial charge is 0.468 e. The Kier molecular flexibility index (Phi) is 3.84. The zero-order chi connectivity index (χ0) is 12.4. The van der Waals surface area contributed by atoms with E-state index in [0.717, 1.165) is 24.2 Å². The topological polar surface area (TPSA) is 35.5 Å². The number of carbonyl (C=O) groups is 1. The van der Waals surface area contributed by atoms with Gasteiger partial charge in [-0.25, -0.2) is 0 Å². The van der Waals surface area contributed by atoms with Crippen LogP contribution in [-0.4, -0.2) is 19.7 Å². The molecule has 0 aromatic heterocycles. The first-order chi connectivity index (χ1) is 8.15. The van der Waals surface area contributed by atoms with Gasteiger partial charge in [-0.1, -0.05) is 34.1 Å². The molecule has 0 saturated carbocycles. The van der Waals surface area contributed by atoms with Crippen LogP contribution in [0.5, 0.6) is 0 Å². The van der Waals surface area contributed by atoms with Gasteiger partial charge in [-0.2, -0.15) is 0 Å². The molecule has 92 valence electrons. The van der Waals surface area contributed by atoms with Crippen molar-refractivity contribution in [2.45, 2.75) is 24.3 Å². The number of carbonyl (C=O) groups excluding carboxylic acids is 1. The fourth-order valence-corrected chi connectivity index (χ4v) is 2.81. The van der Waals surface area contributed by atoms with Gasteiger partial charge in [-0.15, -0.1) is 0 Å². The number of halogens is 1. The Balaban J connectivity index is 2.44. The van der Waals surface area contributed by atoms with E-state index in [1.54, 1.807) is 0 Å². The maximum absolute atomic E-state index is 11.6. The highest BCUT2D eigenvalue weighted by molar-refractivity contribution is 9.09. The van der Waals surface area contributed by atoms with Crippen LogP contribution in [0.1, 0.15) is 34.5 Å². The van der Waals surface area contributed by atoms with E-state index < -0.39 is 4.83 Å². The van der Waals surface area contributed by atoms with E-state index in [2.05, 4.69) is 22.0 Å². The van der Waals surface area contributed by atoms with Gasteiger partial charge in [-0.05, 0) is 30.0 Å². The summed E-state index contributed by atoms with van der Waals surface area (Å²) in [4.78, 5) is 11.2. The van der Waals surface area contributed by atoms with Crippen LogP contribution in [0.4, 0.5) is 0 Å². The number of rotatable bonds is 2. The van der Waals surface area contributed by atoms with Gasteiger partial charge in [0.15, 0.2) is 0 Å². The maximum atomic E-state index is 11.6. The third-order valence-corrected chi connectivity index (χ3v) is 3.92. The molecule has 0 saturated heterocycles. The average Bonchev–Trinajstić information content (AvgIpc) is 2.36. The number of methoxy groups -OCH3 is 1. The van der Waals surface area contributed by atoms with Crippen molar-refractivity contribution in [2.75, 3.05) is 13.7 Å². The molecule has 1 heterocycles. The molecular formula is C13H15BrO3. The summed E-state index contributed by atoms with van der Waals surface area (Å²) in [6, 6.07) is 6.01. The minimum atomic E-state index is -0.424. The minimum absolute atomic E-state index is 0.0275. The van der Waals surface area contributed by atoms with Gasteiger partial charge < -0.3 is 9.47 Å². The molecule has 0 N–H and O–H groups in total. The number of hydrogen-bond donors (Lipinski definition) is 0. The van der Waals surface area contributed by atoms with Gasteiger partial charge in [-0.3, -0.25) is 4.79 Å². The Morgan fingerprint density at radius 1 is 1.59 bits per heavy atom. The van der Waals surface area contributed by atoms with Crippen molar-refractivity contribution < 1.29 is 14.3 Å². The Morgan fingerprint density at radius 2 is 2.35 bits per heavy atom. The van der Waals surface area contributed by atoms with Crippen molar-refractivity contribution in [1.82, 2.24) is 0 Å². The van der Waals surface area contributed by atoms with E-state index >= 15 is 0 Å². The summed E-state index contributed by atoms with van der Waals surface area (Å²) in [5.41, 5.74) is 3.32. The van der Waals surface area contributed by atoms with Crippen LogP contribution in [-0.2, 0) is 20.7 Å². The first-order valence-electron chi connectivity index (χ1n) is 5.60. The Labute approximate surface area is 109 Å². The molecule has 4 heteroatoms. The standard InChI is InChI=1S/C13H15BrO3/c1-8-11-9(6-7-17-8)4-3-5-10(11)12(14)13(15)16-2/h3-5,8,12H,6-7H2,1-2H3/t8-,12?/m0/s1. The Hall–Kier alpha value is -0.870. The molecule has 0 amide bonds. The number of hydrogen-bond acceptors (Lipinski definition) is 3. The first kappa shape index (κ1) is 12.6. The van der Waals surface area contributed by atoms with Crippen LogP contribution in [0, 0.1) is 0 Å². The number of ether oxygens (including phenoxy) is 2. The second-order valence-electron chi connectivity index (χ2n) is 4.07. The Bertz CT molecular complexity index is 431. The molecule has 0 fully saturated rings. The summed E-state index contributed by atoms with van der Waals surface area (Å²) in [5, 5.41) is 0. The molecule has 2 atom stereocenters. The Morgan fingerprint density at radius 3 is 3.06 bits per heavy atom. The normalized spacial score (nSPS) is 20.5. The van der Waals surface area contributed by atoms with Crippen LogP contribution in [0.15, 0.2) is 18.2 Å². The molecule has 0 spiro atoms. The summed E-state index contributed by atoms with van der Waals surface area (Å²) >= 11 is 3.39. The highest BCUT2D eigenvalue weighted by atomic mass is 79.9. The van der Waals surface area contributed by atoms with E-state index in [-0.39, 0.29) is 12.1 Å². The van der Waals surface area contributed by atoms with Crippen LogP contribution in [0.25, 0.3) is 0 Å². The molecule has 3 nitrogen and oxygen atoms in total. The smallest absolute Gasteiger partial charge is 0.324 e. The van der Waals surface area contributed by atoms with Crippen molar-refractivity contribution in [1.29, 1.82) is 0 Å². The van der Waals surface area contributed by atoms with Crippen LogP contribution >= 0.6 is 15.9 Å². The SMILES string of the molecule is COC(=O)C(Br)c1cccc2c1[C@H](C)OCC2. The predicted molar refractivity (Wildman–Crippen MR) is 68.2 cm³/mol. The molecule has 1 aliphatic rings. The lowest BCUT2D eigenvalue weighted by Crippen LogP contribution is -2.19. The lowest BCUT2D eigenvalue weighted by Gasteiger charge is -2.26. The van der Waals surface area contributed by atoms with Crippen molar-refractivity contribution >= 4 is 21.9 Å². The van der Waals surface area contributed by atoms with Gasteiger partial charge in [0.1, 0.15) is 4.83 Å². The first-order valence-corrected chi connectivity index (χ1v) is 6.52. The summed E-state index contributed by atoms with van der Waals surface area (Å²) in [5.74, 6) is -0.281. The fraction of sp³-hybridized carbons (Fsp3) is 0.462. The van der Waals surface area contributed by atoms with Gasteiger partial charge in [0.2, 0.25) is 0 Å². The van der Waals surface area contributed by atoms with Gasteiger partial charge in [0.25, 0.3) is 0 Å². The minimum Gasteiger partial charge on any atom is -0.468 e. The van der Waals surface area contributed by atoms with Gasteiger partial charge >= 0.3 is 5.97 Å². The maximum Gasteiger partial charge on any atom is 0.324 e. The van der Waals surface area contributed by atoms with Crippen LogP contribution < -0.4 is 0 Å². The van der Waals surface area contributed by atoms with Crippen molar-refractivity contribution in [3.63, 3.8) is 0 Å². The summed E-state index contributed by atoms with van der Waals surface area (Å²) in [7, 11) is 1.39. The molecule has 1 aliphatic heterocycles. The number of esters is 1. The monoisotopic (exact) mass is 298 g/mol. The highest BCUT2D eigenvalue weighted by Gasteiger charge is 2.27. The second kappa shape index (κ2) is 5.19. The molecule has 1 aromatic rings. The van der Waals surface area contributed by atoms with E-state index in [9.17, 15) is 4.79 Å². The predicted octanol–water partition coefficient (Wildman–Crippen LogP) is 2.93. The third kappa shape index (κ3) is 2.38. The van der Waals surface area contributed by atoms with E-state index in [1.165, 1.54) is 12.7 Å². The third-order valence-electron chi connectivity index (χ3n) is 3.06.